The van der Waals surface area contributed by atoms with Crippen molar-refractivity contribution in [1.82, 2.24) is 15.0 Å². The minimum absolute atomic E-state index is 0.145. The van der Waals surface area contributed by atoms with Gasteiger partial charge in [-0.05, 0) is 25.2 Å². The van der Waals surface area contributed by atoms with Crippen molar-refractivity contribution in [3.8, 4) is 0 Å². The lowest BCUT2D eigenvalue weighted by Crippen LogP contribution is -2.06. The van der Waals surface area contributed by atoms with Crippen LogP contribution < -0.4 is 0 Å². The van der Waals surface area contributed by atoms with Gasteiger partial charge >= 0.3 is 0 Å². The Kier molecular flexibility index (Phi) is 8.24. The van der Waals surface area contributed by atoms with Crippen molar-refractivity contribution >= 4 is 5.78 Å². The topological polar surface area (TPSA) is 47.8 Å². The molecule has 0 saturated carbocycles. The number of rotatable bonds is 11. The van der Waals surface area contributed by atoms with Crippen molar-refractivity contribution in [3.63, 3.8) is 0 Å². The summed E-state index contributed by atoms with van der Waals surface area (Å²) in [6.45, 7) is 9.41. The highest BCUT2D eigenvalue weighted by molar-refractivity contribution is 5.80. The molecule has 0 fully saturated rings. The summed E-state index contributed by atoms with van der Waals surface area (Å²) in [5.41, 5.74) is 1.01. The van der Waals surface area contributed by atoms with Crippen LogP contribution in [-0.2, 0) is 17.8 Å². The number of unbranched alkanes of at least 4 members (excludes halogenated alkanes) is 2. The van der Waals surface area contributed by atoms with Gasteiger partial charge in [0.25, 0.3) is 0 Å². The maximum atomic E-state index is 11.5. The molecule has 0 aliphatic heterocycles. The fourth-order valence-corrected chi connectivity index (χ4v) is 2.30. The summed E-state index contributed by atoms with van der Waals surface area (Å²) in [7, 11) is 0. The Hall–Kier alpha value is -1.19. The van der Waals surface area contributed by atoms with Crippen LogP contribution >= 0.6 is 0 Å². The van der Waals surface area contributed by atoms with Crippen molar-refractivity contribution in [2.45, 2.75) is 79.2 Å². The molecule has 0 saturated heterocycles. The molecule has 1 aromatic heterocycles. The molecule has 0 aliphatic rings. The van der Waals surface area contributed by atoms with Crippen LogP contribution in [0.15, 0.2) is 6.20 Å². The zero-order chi connectivity index (χ0) is 15.7. The first-order valence-corrected chi connectivity index (χ1v) is 8.40. The second-order valence-corrected chi connectivity index (χ2v) is 6.69. The fraction of sp³-hybridized carbons (Fsp3) is 0.824. The van der Waals surface area contributed by atoms with E-state index in [1.165, 1.54) is 25.7 Å². The molecular formula is C17H31N3O. The van der Waals surface area contributed by atoms with E-state index in [1.807, 2.05) is 24.7 Å². The van der Waals surface area contributed by atoms with Gasteiger partial charge in [-0.3, -0.25) is 9.48 Å². The van der Waals surface area contributed by atoms with Crippen molar-refractivity contribution in [3.05, 3.63) is 11.9 Å². The third-order valence-corrected chi connectivity index (χ3v) is 3.75. The highest BCUT2D eigenvalue weighted by Crippen LogP contribution is 2.09. The van der Waals surface area contributed by atoms with Gasteiger partial charge in [0, 0.05) is 25.1 Å². The predicted octanol–water partition coefficient (Wildman–Crippen LogP) is 4.04. The third-order valence-electron chi connectivity index (χ3n) is 3.75. The number of carbonyl (C=O) groups excluding carboxylic acids is 1. The molecule has 21 heavy (non-hydrogen) atoms. The van der Waals surface area contributed by atoms with Crippen LogP contribution in [0.1, 0.15) is 71.9 Å². The van der Waals surface area contributed by atoms with Crippen LogP contribution in [0.25, 0.3) is 0 Å². The number of aryl methyl sites for hydroxylation is 2. The lowest BCUT2D eigenvalue weighted by atomic mass is 10.0. The molecule has 0 aromatic carbocycles. The SMILES string of the molecule is CC(C)CCCCCn1cc(CCCC(=O)C(C)C)nn1. The van der Waals surface area contributed by atoms with Crippen LogP contribution in [0.5, 0.6) is 0 Å². The molecule has 1 rings (SSSR count). The molecule has 0 amide bonds. The number of Topliss-reactive ketones (excluding diaryl/α,β-unsaturated/α-hetero) is 1. The van der Waals surface area contributed by atoms with Crippen molar-refractivity contribution < 1.29 is 4.79 Å². The van der Waals surface area contributed by atoms with Crippen LogP contribution in [0.3, 0.4) is 0 Å². The van der Waals surface area contributed by atoms with Gasteiger partial charge in [-0.15, -0.1) is 5.10 Å². The minimum Gasteiger partial charge on any atom is -0.299 e. The quantitative estimate of drug-likeness (QED) is 0.578. The van der Waals surface area contributed by atoms with Gasteiger partial charge in [-0.2, -0.15) is 0 Å². The Morgan fingerprint density at radius 1 is 1.14 bits per heavy atom. The molecule has 0 bridgehead atoms. The maximum absolute atomic E-state index is 11.5. The van der Waals surface area contributed by atoms with E-state index >= 15 is 0 Å². The maximum Gasteiger partial charge on any atom is 0.135 e. The van der Waals surface area contributed by atoms with Gasteiger partial charge < -0.3 is 0 Å². The molecule has 4 heteroatoms. The predicted molar refractivity (Wildman–Crippen MR) is 86.1 cm³/mol. The van der Waals surface area contributed by atoms with Gasteiger partial charge in [0.1, 0.15) is 5.78 Å². The summed E-state index contributed by atoms with van der Waals surface area (Å²) < 4.78 is 1.94. The number of nitrogens with zero attached hydrogens (tertiary/aromatic N) is 3. The molecule has 4 nitrogen and oxygen atoms in total. The average molecular weight is 293 g/mol. The first kappa shape index (κ1) is 17.9. The highest BCUT2D eigenvalue weighted by Gasteiger charge is 2.07. The zero-order valence-electron chi connectivity index (χ0n) is 14.1. The van der Waals surface area contributed by atoms with E-state index in [2.05, 4.69) is 24.2 Å². The Labute approximate surface area is 129 Å². The molecule has 0 spiro atoms. The Balaban J connectivity index is 2.16. The van der Waals surface area contributed by atoms with E-state index in [9.17, 15) is 4.79 Å². The largest absolute Gasteiger partial charge is 0.299 e. The molecule has 120 valence electrons. The first-order valence-electron chi connectivity index (χ1n) is 8.40. The number of carbonyl (C=O) groups is 1. The van der Waals surface area contributed by atoms with Gasteiger partial charge in [-0.1, -0.05) is 52.2 Å². The van der Waals surface area contributed by atoms with E-state index in [0.29, 0.717) is 12.2 Å². The van der Waals surface area contributed by atoms with E-state index in [-0.39, 0.29) is 5.92 Å². The molecule has 0 unspecified atom stereocenters. The average Bonchev–Trinajstić information content (AvgIpc) is 2.85. The van der Waals surface area contributed by atoms with Crippen molar-refractivity contribution in [2.24, 2.45) is 11.8 Å². The second kappa shape index (κ2) is 9.69. The summed E-state index contributed by atoms with van der Waals surface area (Å²) in [4.78, 5) is 11.5. The third kappa shape index (κ3) is 7.98. The van der Waals surface area contributed by atoms with Gasteiger partial charge in [0.15, 0.2) is 0 Å². The fourth-order valence-electron chi connectivity index (χ4n) is 2.30. The molecular weight excluding hydrogens is 262 g/mol. The van der Waals surface area contributed by atoms with Crippen LogP contribution in [0.4, 0.5) is 0 Å². The number of hydrogen-bond donors (Lipinski definition) is 0. The van der Waals surface area contributed by atoms with Gasteiger partial charge in [0.2, 0.25) is 0 Å². The van der Waals surface area contributed by atoms with Crippen LogP contribution in [-0.4, -0.2) is 20.8 Å². The normalized spacial score (nSPS) is 11.5. The molecule has 1 heterocycles. The number of ketones is 1. The number of hydrogen-bond acceptors (Lipinski definition) is 3. The zero-order valence-corrected chi connectivity index (χ0v) is 14.1. The molecule has 0 radical (unpaired) electrons. The summed E-state index contributed by atoms with van der Waals surface area (Å²) in [5.74, 6) is 1.29. The Morgan fingerprint density at radius 2 is 1.90 bits per heavy atom. The monoisotopic (exact) mass is 293 g/mol. The minimum atomic E-state index is 0.145. The lowest BCUT2D eigenvalue weighted by molar-refractivity contribution is -0.121. The first-order chi connectivity index (χ1) is 9.99. The van der Waals surface area contributed by atoms with Gasteiger partial charge in [0.05, 0.1) is 5.69 Å². The Bertz CT molecular complexity index is 410. The van der Waals surface area contributed by atoms with Gasteiger partial charge in [-0.25, -0.2) is 0 Å². The summed E-state index contributed by atoms with van der Waals surface area (Å²) in [6, 6.07) is 0. The lowest BCUT2D eigenvalue weighted by Gasteiger charge is -2.04. The highest BCUT2D eigenvalue weighted by atomic mass is 16.1. The standard InChI is InChI=1S/C17H31N3O/c1-14(2)9-6-5-7-12-20-13-16(18-19-20)10-8-11-17(21)15(3)4/h13-15H,5-12H2,1-4H3. The van der Waals surface area contributed by atoms with Crippen LogP contribution in [0.2, 0.25) is 0 Å². The van der Waals surface area contributed by atoms with Crippen molar-refractivity contribution in [1.29, 1.82) is 0 Å². The molecule has 0 atom stereocenters. The molecule has 0 aliphatic carbocycles. The van der Waals surface area contributed by atoms with Crippen molar-refractivity contribution in [2.75, 3.05) is 0 Å². The summed E-state index contributed by atoms with van der Waals surface area (Å²) in [5, 5.41) is 8.35. The Morgan fingerprint density at radius 3 is 2.57 bits per heavy atom. The molecule has 1 aromatic rings. The number of aromatic nitrogens is 3. The smallest absolute Gasteiger partial charge is 0.135 e. The van der Waals surface area contributed by atoms with E-state index in [1.54, 1.807) is 0 Å². The molecule has 0 N–H and O–H groups in total. The van der Waals surface area contributed by atoms with E-state index in [4.69, 9.17) is 0 Å². The summed E-state index contributed by atoms with van der Waals surface area (Å²) in [6.07, 6.45) is 9.46. The van der Waals surface area contributed by atoms with Crippen LogP contribution in [0, 0.1) is 11.8 Å². The van der Waals surface area contributed by atoms with E-state index in [0.717, 1.165) is 31.0 Å². The second-order valence-electron chi connectivity index (χ2n) is 6.69. The van der Waals surface area contributed by atoms with E-state index < -0.39 is 0 Å². The summed E-state index contributed by atoms with van der Waals surface area (Å²) >= 11 is 0.